The number of benzene rings is 1. The smallest absolute Gasteiger partial charge is 0.145 e. The number of hydrogen-bond donors (Lipinski definition) is 1. The zero-order chi connectivity index (χ0) is 14.9. The third-order valence-corrected chi connectivity index (χ3v) is 4.73. The molecule has 0 aliphatic carbocycles. The molecule has 0 bridgehead atoms. The summed E-state index contributed by atoms with van der Waals surface area (Å²) in [7, 11) is 0. The molecule has 20 heavy (non-hydrogen) atoms. The molecule has 0 saturated heterocycles. The molecule has 1 aromatic carbocycles. The molecule has 0 spiro atoms. The van der Waals surface area contributed by atoms with Gasteiger partial charge < -0.3 is 5.32 Å². The summed E-state index contributed by atoms with van der Waals surface area (Å²) in [4.78, 5) is 5.19. The van der Waals surface area contributed by atoms with Crippen molar-refractivity contribution in [3.05, 3.63) is 49.4 Å². The molecule has 0 radical (unpaired) electrons. The van der Waals surface area contributed by atoms with Gasteiger partial charge >= 0.3 is 0 Å². The highest BCUT2D eigenvalue weighted by Gasteiger charge is 2.26. The Labute approximate surface area is 129 Å². The van der Waals surface area contributed by atoms with Gasteiger partial charge in [-0.1, -0.05) is 6.92 Å². The molecule has 0 fully saturated rings. The largest absolute Gasteiger partial charge is 0.306 e. The van der Waals surface area contributed by atoms with E-state index >= 15 is 0 Å². The van der Waals surface area contributed by atoms with Gasteiger partial charge in [0.15, 0.2) is 0 Å². The van der Waals surface area contributed by atoms with Gasteiger partial charge in [-0.3, -0.25) is 0 Å². The molecule has 2 rings (SSSR count). The highest BCUT2D eigenvalue weighted by atomic mass is 79.9. The maximum absolute atomic E-state index is 14.3. The molecule has 6 heteroatoms. The summed E-state index contributed by atoms with van der Waals surface area (Å²) in [6.07, 6.45) is 0. The van der Waals surface area contributed by atoms with Crippen molar-refractivity contribution in [1.82, 2.24) is 10.3 Å². The first-order valence-electron chi connectivity index (χ1n) is 6.26. The van der Waals surface area contributed by atoms with Crippen molar-refractivity contribution in [2.24, 2.45) is 0 Å². The fraction of sp³-hybridized carbons (Fsp3) is 0.357. The van der Waals surface area contributed by atoms with Crippen LogP contribution in [0.15, 0.2) is 16.6 Å². The number of nitrogens with zero attached hydrogens (tertiary/aromatic N) is 1. The Balaban J connectivity index is 2.60. The first-order valence-corrected chi connectivity index (χ1v) is 7.87. The van der Waals surface area contributed by atoms with E-state index in [0.717, 1.165) is 15.6 Å². The minimum Gasteiger partial charge on any atom is -0.306 e. The average Bonchev–Trinajstić information content (AvgIpc) is 2.72. The zero-order valence-electron chi connectivity index (χ0n) is 11.4. The fourth-order valence-corrected chi connectivity index (χ4v) is 3.51. The normalized spacial score (nSPS) is 12.7. The van der Waals surface area contributed by atoms with E-state index in [2.05, 4.69) is 26.2 Å². The first-order chi connectivity index (χ1) is 9.45. The molecule has 1 aromatic heterocycles. The summed E-state index contributed by atoms with van der Waals surface area (Å²) in [5.41, 5.74) is 0.838. The van der Waals surface area contributed by atoms with Crippen LogP contribution in [0, 0.1) is 25.5 Å². The van der Waals surface area contributed by atoms with Crippen molar-refractivity contribution in [2.45, 2.75) is 26.8 Å². The SMILES string of the molecule is CCNC(c1sc(C)nc1C)c1c(F)ccc(Br)c1F. The predicted molar refractivity (Wildman–Crippen MR) is 81.2 cm³/mol. The molecular weight excluding hydrogens is 346 g/mol. The summed E-state index contributed by atoms with van der Waals surface area (Å²) in [6.45, 7) is 6.26. The maximum atomic E-state index is 14.3. The van der Waals surface area contributed by atoms with E-state index < -0.39 is 17.7 Å². The lowest BCUT2D eigenvalue weighted by molar-refractivity contribution is 0.509. The number of aromatic nitrogens is 1. The Bertz CT molecular complexity index is 628. The van der Waals surface area contributed by atoms with Crippen LogP contribution >= 0.6 is 27.3 Å². The minimum atomic E-state index is -0.568. The fourth-order valence-electron chi connectivity index (χ4n) is 2.15. The molecule has 2 nitrogen and oxygen atoms in total. The van der Waals surface area contributed by atoms with Gasteiger partial charge in [-0.25, -0.2) is 13.8 Å². The van der Waals surface area contributed by atoms with Crippen molar-refractivity contribution >= 4 is 27.3 Å². The van der Waals surface area contributed by atoms with Crippen LogP contribution in [0.1, 0.15) is 34.1 Å². The first kappa shape index (κ1) is 15.5. The van der Waals surface area contributed by atoms with E-state index in [-0.39, 0.29) is 10.0 Å². The molecule has 0 aliphatic heterocycles. The summed E-state index contributed by atoms with van der Waals surface area (Å²) in [5, 5.41) is 4.03. The van der Waals surface area contributed by atoms with Crippen molar-refractivity contribution in [3.63, 3.8) is 0 Å². The quantitative estimate of drug-likeness (QED) is 0.812. The van der Waals surface area contributed by atoms with Crippen molar-refractivity contribution in [3.8, 4) is 0 Å². The molecule has 1 heterocycles. The Hall–Kier alpha value is -0.850. The number of hydrogen-bond acceptors (Lipinski definition) is 3. The van der Waals surface area contributed by atoms with Gasteiger partial charge in [-0.2, -0.15) is 0 Å². The molecule has 108 valence electrons. The molecule has 0 aliphatic rings. The monoisotopic (exact) mass is 360 g/mol. The second-order valence-electron chi connectivity index (χ2n) is 4.43. The van der Waals surface area contributed by atoms with Crippen LogP contribution in [0.4, 0.5) is 8.78 Å². The Morgan fingerprint density at radius 3 is 2.60 bits per heavy atom. The van der Waals surface area contributed by atoms with Crippen LogP contribution in [0.25, 0.3) is 0 Å². The van der Waals surface area contributed by atoms with Gasteiger partial charge in [0.2, 0.25) is 0 Å². The lowest BCUT2D eigenvalue weighted by Crippen LogP contribution is -2.24. The van der Waals surface area contributed by atoms with Gasteiger partial charge in [0.05, 0.1) is 21.2 Å². The Morgan fingerprint density at radius 2 is 2.05 bits per heavy atom. The number of aryl methyl sites for hydroxylation is 2. The van der Waals surface area contributed by atoms with Crippen molar-refractivity contribution in [2.75, 3.05) is 6.54 Å². The summed E-state index contributed by atoms with van der Waals surface area (Å²) >= 11 is 4.57. The average molecular weight is 361 g/mol. The minimum absolute atomic E-state index is 0.0352. The van der Waals surface area contributed by atoms with E-state index in [1.54, 1.807) is 0 Å². The van der Waals surface area contributed by atoms with Gasteiger partial charge in [0, 0.05) is 10.4 Å². The van der Waals surface area contributed by atoms with Crippen LogP contribution in [0.3, 0.4) is 0 Å². The van der Waals surface area contributed by atoms with Crippen LogP contribution in [0.2, 0.25) is 0 Å². The van der Waals surface area contributed by atoms with Crippen LogP contribution < -0.4 is 5.32 Å². The van der Waals surface area contributed by atoms with Crippen LogP contribution in [-0.4, -0.2) is 11.5 Å². The number of halogens is 3. The van der Waals surface area contributed by atoms with E-state index in [0.29, 0.717) is 6.54 Å². The Kier molecular flexibility index (Phi) is 4.88. The third kappa shape index (κ3) is 2.92. The molecule has 2 aromatic rings. The lowest BCUT2D eigenvalue weighted by atomic mass is 10.0. The topological polar surface area (TPSA) is 24.9 Å². The molecule has 1 unspecified atom stereocenters. The second-order valence-corrected chi connectivity index (χ2v) is 6.52. The highest BCUT2D eigenvalue weighted by Crippen LogP contribution is 2.34. The van der Waals surface area contributed by atoms with Crippen LogP contribution in [-0.2, 0) is 0 Å². The van der Waals surface area contributed by atoms with Gasteiger partial charge in [0.1, 0.15) is 11.6 Å². The van der Waals surface area contributed by atoms with Gasteiger partial charge in [-0.15, -0.1) is 11.3 Å². The third-order valence-electron chi connectivity index (χ3n) is 2.98. The summed E-state index contributed by atoms with van der Waals surface area (Å²) < 4.78 is 28.7. The maximum Gasteiger partial charge on any atom is 0.145 e. The molecule has 1 N–H and O–H groups in total. The van der Waals surface area contributed by atoms with Gasteiger partial charge in [-0.05, 0) is 48.5 Å². The van der Waals surface area contributed by atoms with E-state index in [9.17, 15) is 8.78 Å². The summed E-state index contributed by atoms with van der Waals surface area (Å²) in [5.74, 6) is -1.12. The van der Waals surface area contributed by atoms with E-state index in [1.807, 2.05) is 20.8 Å². The number of thiazole rings is 1. The molecule has 1 atom stereocenters. The standard InChI is InChI=1S/C14H15BrF2N2S/c1-4-18-13(14-7(2)19-8(3)20-14)11-10(16)6-5-9(15)12(11)17/h5-6,13,18H,4H2,1-3H3. The van der Waals surface area contributed by atoms with Crippen molar-refractivity contribution in [1.29, 1.82) is 0 Å². The van der Waals surface area contributed by atoms with Crippen molar-refractivity contribution < 1.29 is 8.78 Å². The number of rotatable bonds is 4. The predicted octanol–water partition coefficient (Wildman–Crippen LogP) is 4.50. The zero-order valence-corrected chi connectivity index (χ0v) is 13.8. The lowest BCUT2D eigenvalue weighted by Gasteiger charge is -2.19. The van der Waals surface area contributed by atoms with Crippen LogP contribution in [0.5, 0.6) is 0 Å². The molecule has 0 amide bonds. The molecular formula is C14H15BrF2N2S. The second kappa shape index (κ2) is 6.28. The van der Waals surface area contributed by atoms with E-state index in [4.69, 9.17) is 0 Å². The number of nitrogens with one attached hydrogen (secondary N) is 1. The molecule has 0 saturated carbocycles. The van der Waals surface area contributed by atoms with E-state index in [1.165, 1.54) is 23.5 Å². The summed E-state index contributed by atoms with van der Waals surface area (Å²) in [6, 6.07) is 2.13. The highest BCUT2D eigenvalue weighted by molar-refractivity contribution is 9.10. The van der Waals surface area contributed by atoms with Gasteiger partial charge in [0.25, 0.3) is 0 Å². The Morgan fingerprint density at radius 1 is 1.35 bits per heavy atom.